The Bertz CT molecular complexity index is 129. The Morgan fingerprint density at radius 2 is 2.40 bits per heavy atom. The molecule has 0 aromatic heterocycles. The minimum absolute atomic E-state index is 0. The Hall–Kier alpha value is 0.734. The van der Waals surface area contributed by atoms with Crippen molar-refractivity contribution in [1.29, 1.82) is 0 Å². The maximum absolute atomic E-state index is 11.1. The molecule has 0 spiro atoms. The van der Waals surface area contributed by atoms with Crippen LogP contribution in [0.5, 0.6) is 0 Å². The number of rotatable bonds is 1. The fourth-order valence-electron chi connectivity index (χ4n) is 0.602. The van der Waals surface area contributed by atoms with Crippen molar-refractivity contribution in [3.8, 4) is 0 Å². The Morgan fingerprint density at radius 1 is 1.70 bits per heavy atom. The van der Waals surface area contributed by atoms with Gasteiger partial charge in [0.2, 0.25) is 0 Å². The van der Waals surface area contributed by atoms with Gasteiger partial charge in [-0.2, -0.15) is 6.61 Å². The number of hydrogen-bond donors (Lipinski definition) is 0. The van der Waals surface area contributed by atoms with E-state index in [0.717, 1.165) is 6.42 Å². The van der Waals surface area contributed by atoms with Crippen molar-refractivity contribution >= 4 is 7.60 Å². The van der Waals surface area contributed by atoms with Gasteiger partial charge in [0.15, 0.2) is 0 Å². The quantitative estimate of drug-likeness (QED) is 0.478. The van der Waals surface area contributed by atoms with Crippen molar-refractivity contribution in [2.24, 2.45) is 0 Å². The average molecular weight is 200 g/mol. The van der Waals surface area contributed by atoms with Gasteiger partial charge < -0.3 is 9.05 Å². The van der Waals surface area contributed by atoms with E-state index in [0.29, 0.717) is 12.8 Å². The molecule has 10 heavy (non-hydrogen) atoms. The molecule has 0 saturated carbocycles. The van der Waals surface area contributed by atoms with Crippen LogP contribution in [0.2, 0.25) is 0 Å². The molecule has 0 amide bonds. The molecule has 5 heteroatoms. The van der Waals surface area contributed by atoms with Crippen molar-refractivity contribution < 1.29 is 32.2 Å². The van der Waals surface area contributed by atoms with E-state index in [2.05, 4.69) is 0 Å². The second kappa shape index (κ2) is 4.58. The molecular formula is C5H10O3PV-. The smallest absolute Gasteiger partial charge is 0.300 e. The van der Waals surface area contributed by atoms with Crippen LogP contribution in [0.3, 0.4) is 0 Å². The van der Waals surface area contributed by atoms with Gasteiger partial charge in [0.25, 0.3) is 7.60 Å². The predicted molar refractivity (Wildman–Crippen MR) is 34.1 cm³/mol. The van der Waals surface area contributed by atoms with E-state index in [9.17, 15) is 4.57 Å². The van der Waals surface area contributed by atoms with Crippen molar-refractivity contribution in [3.05, 3.63) is 6.61 Å². The minimum Gasteiger partial charge on any atom is -0.486 e. The summed E-state index contributed by atoms with van der Waals surface area (Å²) in [6, 6.07) is 0. The Morgan fingerprint density at radius 3 is 2.70 bits per heavy atom. The van der Waals surface area contributed by atoms with E-state index in [4.69, 9.17) is 9.05 Å². The zero-order valence-corrected chi connectivity index (χ0v) is 8.11. The predicted octanol–water partition coefficient (Wildman–Crippen LogP) is 1.80. The summed E-state index contributed by atoms with van der Waals surface area (Å²) in [5, 5.41) is 0. The summed E-state index contributed by atoms with van der Waals surface area (Å²) in [5.74, 6) is 0. The topological polar surface area (TPSA) is 35.5 Å². The van der Waals surface area contributed by atoms with Crippen LogP contribution in [0, 0.1) is 6.61 Å². The maximum atomic E-state index is 11.1. The summed E-state index contributed by atoms with van der Waals surface area (Å²) in [5.41, 5.74) is 0. The normalized spacial score (nSPS) is 32.9. The largest absolute Gasteiger partial charge is 0.486 e. The first-order valence-corrected chi connectivity index (χ1v) is 4.73. The monoisotopic (exact) mass is 200 g/mol. The third kappa shape index (κ3) is 2.77. The first-order valence-electron chi connectivity index (χ1n) is 3.00. The molecule has 1 radical (unpaired) electrons. The first kappa shape index (κ1) is 10.7. The fourth-order valence-corrected chi connectivity index (χ4v) is 1.71. The average Bonchev–Trinajstić information content (AvgIpc) is 1.90. The fraction of sp³-hybridized carbons (Fsp3) is 0.800. The summed E-state index contributed by atoms with van der Waals surface area (Å²) in [4.78, 5) is 0. The van der Waals surface area contributed by atoms with Crippen LogP contribution in [0.25, 0.3) is 0 Å². The Kier molecular flexibility index (Phi) is 4.92. The van der Waals surface area contributed by atoms with Crippen LogP contribution < -0.4 is 0 Å². The summed E-state index contributed by atoms with van der Waals surface area (Å²) in [6.45, 7) is 3.89. The molecule has 0 aromatic rings. The van der Waals surface area contributed by atoms with Crippen molar-refractivity contribution in [2.75, 3.05) is 12.8 Å². The third-order valence-corrected chi connectivity index (χ3v) is 2.97. The van der Waals surface area contributed by atoms with Crippen LogP contribution >= 0.6 is 7.60 Å². The van der Waals surface area contributed by atoms with E-state index >= 15 is 0 Å². The standard InChI is InChI=1S/C5H10O3P.V/c1-2-9(6)7-4-3-5-8-9;/h4H,2-3,5H2,1H3;/q-1;/t9-;/m0./s1. The Labute approximate surface area is 72.9 Å². The molecule has 0 N–H and O–H groups in total. The van der Waals surface area contributed by atoms with E-state index in [1.54, 1.807) is 13.5 Å². The van der Waals surface area contributed by atoms with Gasteiger partial charge in [0.1, 0.15) is 0 Å². The number of hydrogen-bond acceptors (Lipinski definition) is 3. The summed E-state index contributed by atoms with van der Waals surface area (Å²) >= 11 is 0. The zero-order valence-electron chi connectivity index (χ0n) is 5.82. The second-order valence-corrected chi connectivity index (χ2v) is 4.14. The molecule has 1 saturated heterocycles. The van der Waals surface area contributed by atoms with E-state index in [1.807, 2.05) is 0 Å². The summed E-state index contributed by atoms with van der Waals surface area (Å²) in [6.07, 6.45) is 1.20. The second-order valence-electron chi connectivity index (χ2n) is 1.82. The molecule has 0 bridgehead atoms. The molecule has 1 atom stereocenters. The molecular weight excluding hydrogens is 190 g/mol. The van der Waals surface area contributed by atoms with Gasteiger partial charge in [-0.3, -0.25) is 4.57 Å². The summed E-state index contributed by atoms with van der Waals surface area (Å²) in [7, 11) is -2.65. The Balaban J connectivity index is 0.000000810. The van der Waals surface area contributed by atoms with Gasteiger partial charge in [-0.1, -0.05) is 6.92 Å². The van der Waals surface area contributed by atoms with E-state index < -0.39 is 7.60 Å². The molecule has 1 heterocycles. The van der Waals surface area contributed by atoms with Crippen molar-refractivity contribution in [2.45, 2.75) is 13.3 Å². The molecule has 1 aliphatic rings. The van der Waals surface area contributed by atoms with Gasteiger partial charge in [-0.15, -0.1) is 6.42 Å². The third-order valence-electron chi connectivity index (χ3n) is 1.15. The van der Waals surface area contributed by atoms with Crippen LogP contribution in [-0.4, -0.2) is 12.8 Å². The molecule has 1 fully saturated rings. The van der Waals surface area contributed by atoms with Crippen molar-refractivity contribution in [3.63, 3.8) is 0 Å². The van der Waals surface area contributed by atoms with Crippen LogP contribution in [0.1, 0.15) is 13.3 Å². The van der Waals surface area contributed by atoms with Crippen LogP contribution in [0.15, 0.2) is 0 Å². The van der Waals surface area contributed by atoms with Gasteiger partial charge in [0, 0.05) is 31.3 Å². The molecule has 0 aliphatic carbocycles. The molecule has 3 nitrogen and oxygen atoms in total. The van der Waals surface area contributed by atoms with E-state index in [1.165, 1.54) is 0 Å². The van der Waals surface area contributed by atoms with Crippen LogP contribution in [0.4, 0.5) is 0 Å². The van der Waals surface area contributed by atoms with E-state index in [-0.39, 0.29) is 18.6 Å². The first-order chi connectivity index (χ1) is 4.27. The van der Waals surface area contributed by atoms with Gasteiger partial charge in [-0.25, -0.2) is 0 Å². The maximum Gasteiger partial charge on any atom is 0.300 e. The zero-order chi connectivity index (χ0) is 6.74. The molecule has 0 unspecified atom stereocenters. The molecule has 59 valence electrons. The van der Waals surface area contributed by atoms with Crippen molar-refractivity contribution in [1.82, 2.24) is 0 Å². The van der Waals surface area contributed by atoms with Gasteiger partial charge >= 0.3 is 0 Å². The minimum atomic E-state index is -2.65. The van der Waals surface area contributed by atoms with Gasteiger partial charge in [-0.05, 0) is 0 Å². The SMILES string of the molecule is CC[P@]1(=O)O[CH-]CCO1.[V]. The summed E-state index contributed by atoms with van der Waals surface area (Å²) < 4.78 is 20.9. The van der Waals surface area contributed by atoms with Gasteiger partial charge in [0.05, 0.1) is 0 Å². The molecule has 1 rings (SSSR count). The molecule has 1 aliphatic heterocycles. The molecule has 0 aromatic carbocycles. The van der Waals surface area contributed by atoms with Crippen LogP contribution in [-0.2, 0) is 32.2 Å².